The predicted molar refractivity (Wildman–Crippen MR) is 65.4 cm³/mol. The number of sulfonamides is 1. The van der Waals surface area contributed by atoms with E-state index in [-0.39, 0.29) is 22.4 Å². The van der Waals surface area contributed by atoms with Crippen LogP contribution in [-0.2, 0) is 10.0 Å². The molecule has 8 nitrogen and oxygen atoms in total. The van der Waals surface area contributed by atoms with E-state index in [2.05, 4.69) is 19.8 Å². The summed E-state index contributed by atoms with van der Waals surface area (Å²) in [6.07, 6.45) is 2.61. The minimum atomic E-state index is -3.78. The maximum Gasteiger partial charge on any atom is 0.316 e. The van der Waals surface area contributed by atoms with Crippen LogP contribution < -0.4 is 9.46 Å². The summed E-state index contributed by atoms with van der Waals surface area (Å²) in [6.45, 7) is 3.08. The van der Waals surface area contributed by atoms with E-state index >= 15 is 0 Å². The maximum absolute atomic E-state index is 12.2. The highest BCUT2D eigenvalue weighted by molar-refractivity contribution is 7.92. The Hall–Kier alpha value is -2.16. The van der Waals surface area contributed by atoms with Crippen LogP contribution in [-0.4, -0.2) is 30.7 Å². The third-order valence-electron chi connectivity index (χ3n) is 2.30. The Kier molecular flexibility index (Phi) is 3.38. The van der Waals surface area contributed by atoms with Crippen LogP contribution >= 0.6 is 0 Å². The molecular weight excluding hydrogens is 272 g/mol. The molecule has 0 radical (unpaired) electrons. The molecule has 0 amide bonds. The topological polar surface area (TPSA) is 107 Å². The fraction of sp³-hybridized carbons (Fsp3) is 0.300. The van der Waals surface area contributed by atoms with E-state index in [0.717, 1.165) is 0 Å². The lowest BCUT2D eigenvalue weighted by Gasteiger charge is -2.06. The molecule has 2 rings (SSSR count). The summed E-state index contributed by atoms with van der Waals surface area (Å²) >= 11 is 0. The standard InChI is InChI=1S/C10H12N4O4S/c1-6-9(7(2)18-13-6)19(15,16)14-8-4-11-10(17-3)12-5-8/h4-5,14H,1-3H3. The average Bonchev–Trinajstić information content (AvgIpc) is 2.70. The summed E-state index contributed by atoms with van der Waals surface area (Å²) in [5, 5.41) is 3.61. The van der Waals surface area contributed by atoms with Gasteiger partial charge in [-0.15, -0.1) is 0 Å². The van der Waals surface area contributed by atoms with Gasteiger partial charge in [0.05, 0.1) is 25.2 Å². The first-order valence-electron chi connectivity index (χ1n) is 5.26. The molecule has 102 valence electrons. The van der Waals surface area contributed by atoms with Crippen LogP contribution in [0.3, 0.4) is 0 Å². The van der Waals surface area contributed by atoms with E-state index in [1.165, 1.54) is 26.4 Å². The molecule has 0 spiro atoms. The van der Waals surface area contributed by atoms with Crippen molar-refractivity contribution in [1.29, 1.82) is 0 Å². The van der Waals surface area contributed by atoms with E-state index in [0.29, 0.717) is 5.69 Å². The van der Waals surface area contributed by atoms with Gasteiger partial charge < -0.3 is 9.26 Å². The highest BCUT2D eigenvalue weighted by atomic mass is 32.2. The smallest absolute Gasteiger partial charge is 0.316 e. The van der Waals surface area contributed by atoms with E-state index < -0.39 is 10.0 Å². The van der Waals surface area contributed by atoms with Gasteiger partial charge >= 0.3 is 6.01 Å². The van der Waals surface area contributed by atoms with Gasteiger partial charge in [-0.3, -0.25) is 4.72 Å². The second-order valence-corrected chi connectivity index (χ2v) is 5.34. The first-order valence-corrected chi connectivity index (χ1v) is 6.74. The van der Waals surface area contributed by atoms with Gasteiger partial charge in [-0.25, -0.2) is 18.4 Å². The lowest BCUT2D eigenvalue weighted by molar-refractivity contribution is 0.380. The van der Waals surface area contributed by atoms with Crippen molar-refractivity contribution >= 4 is 15.7 Å². The van der Waals surface area contributed by atoms with Crippen LogP contribution in [0.5, 0.6) is 6.01 Å². The van der Waals surface area contributed by atoms with Crippen molar-refractivity contribution in [3.05, 3.63) is 23.8 Å². The zero-order valence-corrected chi connectivity index (χ0v) is 11.4. The highest BCUT2D eigenvalue weighted by Crippen LogP contribution is 2.21. The Labute approximate surface area is 109 Å². The molecule has 0 saturated carbocycles. The number of aryl methyl sites for hydroxylation is 2. The van der Waals surface area contributed by atoms with Crippen molar-refractivity contribution in [1.82, 2.24) is 15.1 Å². The third kappa shape index (κ3) is 2.65. The van der Waals surface area contributed by atoms with Gasteiger partial charge in [0.2, 0.25) is 0 Å². The molecule has 0 aliphatic rings. The fourth-order valence-electron chi connectivity index (χ4n) is 1.54. The van der Waals surface area contributed by atoms with E-state index in [4.69, 9.17) is 9.26 Å². The summed E-state index contributed by atoms with van der Waals surface area (Å²) in [7, 11) is -2.36. The Morgan fingerprint density at radius 3 is 2.37 bits per heavy atom. The molecule has 19 heavy (non-hydrogen) atoms. The number of rotatable bonds is 4. The molecule has 9 heteroatoms. The van der Waals surface area contributed by atoms with Gasteiger partial charge in [-0.2, -0.15) is 0 Å². The second-order valence-electron chi connectivity index (χ2n) is 3.72. The number of aromatic nitrogens is 3. The molecule has 0 saturated heterocycles. The molecule has 1 N–H and O–H groups in total. The summed E-state index contributed by atoms with van der Waals surface area (Å²) in [4.78, 5) is 7.63. The van der Waals surface area contributed by atoms with Gasteiger partial charge in [-0.1, -0.05) is 5.16 Å². The second kappa shape index (κ2) is 4.84. The monoisotopic (exact) mass is 284 g/mol. The largest absolute Gasteiger partial charge is 0.467 e. The first-order chi connectivity index (χ1) is 8.94. The van der Waals surface area contributed by atoms with Crippen LogP contribution in [0, 0.1) is 13.8 Å². The number of hydrogen-bond acceptors (Lipinski definition) is 7. The van der Waals surface area contributed by atoms with Gasteiger partial charge in [0.15, 0.2) is 10.7 Å². The number of hydrogen-bond donors (Lipinski definition) is 1. The van der Waals surface area contributed by atoms with Crippen molar-refractivity contribution in [2.75, 3.05) is 11.8 Å². The summed E-state index contributed by atoms with van der Waals surface area (Å²) < 4.78 is 36.3. The quantitative estimate of drug-likeness (QED) is 0.888. The molecular formula is C10H12N4O4S. The van der Waals surface area contributed by atoms with Crippen molar-refractivity contribution in [2.45, 2.75) is 18.7 Å². The van der Waals surface area contributed by atoms with E-state index in [9.17, 15) is 8.42 Å². The molecule has 0 fully saturated rings. The molecule has 2 aromatic rings. The van der Waals surface area contributed by atoms with Crippen LogP contribution in [0.25, 0.3) is 0 Å². The molecule has 0 aliphatic heterocycles. The minimum Gasteiger partial charge on any atom is -0.467 e. The van der Waals surface area contributed by atoms with Crippen LogP contribution in [0.1, 0.15) is 11.5 Å². The van der Waals surface area contributed by atoms with Crippen molar-refractivity contribution < 1.29 is 17.7 Å². The number of anilines is 1. The SMILES string of the molecule is COc1ncc(NS(=O)(=O)c2c(C)noc2C)cn1. The number of nitrogens with zero attached hydrogens (tertiary/aromatic N) is 3. The van der Waals surface area contributed by atoms with Crippen molar-refractivity contribution in [3.63, 3.8) is 0 Å². The van der Waals surface area contributed by atoms with Gasteiger partial charge in [0.25, 0.3) is 10.0 Å². The number of ether oxygens (including phenoxy) is 1. The summed E-state index contributed by atoms with van der Waals surface area (Å²) in [5.41, 5.74) is 0.514. The Balaban J connectivity index is 2.31. The molecule has 0 bridgehead atoms. The fourth-order valence-corrected chi connectivity index (χ4v) is 2.90. The molecule has 2 heterocycles. The van der Waals surface area contributed by atoms with E-state index in [1.54, 1.807) is 6.92 Å². The Morgan fingerprint density at radius 2 is 1.89 bits per heavy atom. The summed E-state index contributed by atoms with van der Waals surface area (Å²) in [6, 6.07) is 0.153. The Morgan fingerprint density at radius 1 is 1.26 bits per heavy atom. The number of methoxy groups -OCH3 is 1. The molecule has 0 unspecified atom stereocenters. The predicted octanol–water partition coefficient (Wildman–Crippen LogP) is 0.891. The van der Waals surface area contributed by atoms with Gasteiger partial charge in [0.1, 0.15) is 5.69 Å². The van der Waals surface area contributed by atoms with Crippen molar-refractivity contribution in [3.8, 4) is 6.01 Å². The molecule has 2 aromatic heterocycles. The average molecular weight is 284 g/mol. The van der Waals surface area contributed by atoms with Gasteiger partial charge in [-0.05, 0) is 13.8 Å². The lowest BCUT2D eigenvalue weighted by atomic mass is 10.4. The first kappa shape index (κ1) is 13.3. The number of nitrogens with one attached hydrogen (secondary N) is 1. The Bertz CT molecular complexity index is 659. The minimum absolute atomic E-state index is 0.0170. The molecule has 0 aromatic carbocycles. The normalized spacial score (nSPS) is 11.3. The molecule has 0 atom stereocenters. The third-order valence-corrected chi connectivity index (χ3v) is 3.92. The zero-order valence-electron chi connectivity index (χ0n) is 10.5. The lowest BCUT2D eigenvalue weighted by Crippen LogP contribution is -2.14. The summed E-state index contributed by atoms with van der Waals surface area (Å²) in [5.74, 6) is 0.222. The van der Waals surface area contributed by atoms with E-state index in [1.807, 2.05) is 0 Å². The zero-order chi connectivity index (χ0) is 14.0. The van der Waals surface area contributed by atoms with Crippen molar-refractivity contribution in [2.24, 2.45) is 0 Å². The van der Waals surface area contributed by atoms with Crippen LogP contribution in [0.2, 0.25) is 0 Å². The van der Waals surface area contributed by atoms with Crippen LogP contribution in [0.4, 0.5) is 5.69 Å². The maximum atomic E-state index is 12.2. The highest BCUT2D eigenvalue weighted by Gasteiger charge is 2.24. The van der Waals surface area contributed by atoms with Crippen LogP contribution in [0.15, 0.2) is 21.8 Å². The molecule has 0 aliphatic carbocycles. The van der Waals surface area contributed by atoms with Gasteiger partial charge in [0, 0.05) is 0 Å².